The van der Waals surface area contributed by atoms with Gasteiger partial charge in [-0.1, -0.05) is 19.9 Å². The third-order valence-electron chi connectivity index (χ3n) is 2.38. The zero-order valence-electron chi connectivity index (χ0n) is 10.3. The molecule has 88 valence electrons. The third-order valence-corrected chi connectivity index (χ3v) is 2.38. The zero-order chi connectivity index (χ0) is 12.3. The van der Waals surface area contributed by atoms with Crippen LogP contribution in [0.4, 0.5) is 5.69 Å². The van der Waals surface area contributed by atoms with Crippen molar-refractivity contribution in [3.63, 3.8) is 0 Å². The minimum Gasteiger partial charge on any atom is -0.462 e. The Hall–Kier alpha value is -1.51. The lowest BCUT2D eigenvalue weighted by atomic mass is 10.0. The summed E-state index contributed by atoms with van der Waals surface area (Å²) in [5.74, 6) is 0.0463. The van der Waals surface area contributed by atoms with Gasteiger partial charge in [0.15, 0.2) is 0 Å². The fourth-order valence-electron chi connectivity index (χ4n) is 1.41. The van der Waals surface area contributed by atoms with E-state index in [4.69, 9.17) is 10.5 Å². The lowest BCUT2D eigenvalue weighted by Crippen LogP contribution is -2.12. The summed E-state index contributed by atoms with van der Waals surface area (Å²) in [5.41, 5.74) is 8.85. The van der Waals surface area contributed by atoms with Gasteiger partial charge in [-0.15, -0.1) is 0 Å². The molecule has 1 rings (SSSR count). The molecule has 0 atom stereocenters. The van der Waals surface area contributed by atoms with Crippen LogP contribution in [0.1, 0.15) is 35.3 Å². The number of carbonyl (C=O) groups excluding carboxylic acids is 1. The molecule has 0 unspecified atom stereocenters. The maximum Gasteiger partial charge on any atom is 0.338 e. The number of hydrogen-bond acceptors (Lipinski definition) is 3. The summed E-state index contributed by atoms with van der Waals surface area (Å²) < 4.78 is 5.17. The van der Waals surface area contributed by atoms with Gasteiger partial charge < -0.3 is 10.5 Å². The highest BCUT2D eigenvalue weighted by atomic mass is 16.5. The largest absolute Gasteiger partial charge is 0.462 e. The summed E-state index contributed by atoms with van der Waals surface area (Å²) in [7, 11) is 0. The molecular weight excluding hydrogens is 202 g/mol. The van der Waals surface area contributed by atoms with E-state index in [0.29, 0.717) is 23.8 Å². The molecule has 0 radical (unpaired) electrons. The molecule has 2 N–H and O–H groups in total. The normalized spacial score (nSPS) is 10.6. The van der Waals surface area contributed by atoms with E-state index >= 15 is 0 Å². The average Bonchev–Trinajstić information content (AvgIpc) is 2.20. The first kappa shape index (κ1) is 12.6. The van der Waals surface area contributed by atoms with Gasteiger partial charge in [0, 0.05) is 5.69 Å². The molecule has 0 aliphatic carbocycles. The number of benzene rings is 1. The molecule has 0 spiro atoms. The Morgan fingerprint density at radius 1 is 1.31 bits per heavy atom. The summed E-state index contributed by atoms with van der Waals surface area (Å²) in [4.78, 5) is 11.8. The number of hydrogen-bond donors (Lipinski definition) is 1. The molecule has 0 amide bonds. The van der Waals surface area contributed by atoms with E-state index in [1.165, 1.54) is 0 Å². The van der Waals surface area contributed by atoms with Gasteiger partial charge in [-0.2, -0.15) is 0 Å². The first-order valence-corrected chi connectivity index (χ1v) is 5.45. The summed E-state index contributed by atoms with van der Waals surface area (Å²) in [6.07, 6.45) is 0. The molecule has 3 heteroatoms. The molecule has 0 bridgehead atoms. The fraction of sp³-hybridized carbons (Fsp3) is 0.462. The second-order valence-electron chi connectivity index (χ2n) is 4.52. The van der Waals surface area contributed by atoms with Gasteiger partial charge >= 0.3 is 5.97 Å². The molecule has 0 heterocycles. The van der Waals surface area contributed by atoms with Crippen LogP contribution >= 0.6 is 0 Å². The summed E-state index contributed by atoms with van der Waals surface area (Å²) >= 11 is 0. The van der Waals surface area contributed by atoms with Crippen molar-refractivity contribution in [2.45, 2.75) is 27.7 Å². The van der Waals surface area contributed by atoms with Crippen molar-refractivity contribution >= 4 is 11.7 Å². The maximum atomic E-state index is 11.8. The Labute approximate surface area is 96.6 Å². The summed E-state index contributed by atoms with van der Waals surface area (Å²) in [6.45, 7) is 8.25. The van der Waals surface area contributed by atoms with Crippen molar-refractivity contribution in [3.05, 3.63) is 28.8 Å². The molecule has 1 aromatic rings. The van der Waals surface area contributed by atoms with E-state index in [0.717, 1.165) is 11.1 Å². The molecule has 0 saturated heterocycles. The van der Waals surface area contributed by atoms with Crippen LogP contribution in [0.15, 0.2) is 12.1 Å². The summed E-state index contributed by atoms with van der Waals surface area (Å²) in [6, 6.07) is 3.59. The Morgan fingerprint density at radius 3 is 2.50 bits per heavy atom. The number of esters is 1. The van der Waals surface area contributed by atoms with E-state index < -0.39 is 0 Å². The van der Waals surface area contributed by atoms with Crippen molar-refractivity contribution in [1.82, 2.24) is 0 Å². The van der Waals surface area contributed by atoms with E-state index in [1.54, 1.807) is 6.07 Å². The number of carbonyl (C=O) groups is 1. The summed E-state index contributed by atoms with van der Waals surface area (Å²) in [5, 5.41) is 0. The molecule has 1 aromatic carbocycles. The topological polar surface area (TPSA) is 52.3 Å². The first-order chi connectivity index (χ1) is 7.41. The van der Waals surface area contributed by atoms with Crippen molar-refractivity contribution in [3.8, 4) is 0 Å². The fourth-order valence-corrected chi connectivity index (χ4v) is 1.41. The van der Waals surface area contributed by atoms with Crippen LogP contribution in [0.3, 0.4) is 0 Å². The molecule has 0 aliphatic rings. The lowest BCUT2D eigenvalue weighted by molar-refractivity contribution is 0.0458. The Balaban J connectivity index is 2.87. The molecule has 0 aromatic heterocycles. The Bertz CT molecular complexity index is 397. The van der Waals surface area contributed by atoms with Crippen molar-refractivity contribution in [2.24, 2.45) is 5.92 Å². The number of nitrogen functional groups attached to an aromatic ring is 1. The second kappa shape index (κ2) is 5.01. The van der Waals surface area contributed by atoms with E-state index in [-0.39, 0.29) is 5.97 Å². The van der Waals surface area contributed by atoms with Crippen molar-refractivity contribution < 1.29 is 9.53 Å². The second-order valence-corrected chi connectivity index (χ2v) is 4.52. The zero-order valence-corrected chi connectivity index (χ0v) is 10.3. The molecular formula is C13H19NO2. The van der Waals surface area contributed by atoms with E-state index in [2.05, 4.69) is 0 Å². The van der Waals surface area contributed by atoms with Crippen molar-refractivity contribution in [1.29, 1.82) is 0 Å². The van der Waals surface area contributed by atoms with Crippen LogP contribution in [-0.2, 0) is 4.74 Å². The number of rotatable bonds is 3. The van der Waals surface area contributed by atoms with E-state index in [9.17, 15) is 4.79 Å². The van der Waals surface area contributed by atoms with Crippen LogP contribution in [0.2, 0.25) is 0 Å². The standard InChI is InChI=1S/C13H19NO2/c1-8(2)7-16-13(15)11-6-12(14)10(4)5-9(11)3/h5-6,8H,7,14H2,1-4H3. The average molecular weight is 221 g/mol. The van der Waals surface area contributed by atoms with Gasteiger partial charge in [-0.25, -0.2) is 4.79 Å². The number of anilines is 1. The quantitative estimate of drug-likeness (QED) is 0.630. The van der Waals surface area contributed by atoms with Gasteiger partial charge in [-0.05, 0) is 37.0 Å². The van der Waals surface area contributed by atoms with Gasteiger partial charge in [0.1, 0.15) is 0 Å². The highest BCUT2D eigenvalue weighted by Crippen LogP contribution is 2.18. The highest BCUT2D eigenvalue weighted by molar-refractivity contribution is 5.92. The predicted octanol–water partition coefficient (Wildman–Crippen LogP) is 2.70. The SMILES string of the molecule is Cc1cc(C)c(C(=O)OCC(C)C)cc1N. The number of ether oxygens (including phenoxy) is 1. The lowest BCUT2D eigenvalue weighted by Gasteiger charge is -2.11. The van der Waals surface area contributed by atoms with Crippen LogP contribution in [0.5, 0.6) is 0 Å². The smallest absolute Gasteiger partial charge is 0.338 e. The number of nitrogens with two attached hydrogens (primary N) is 1. The minimum atomic E-state index is -0.294. The van der Waals surface area contributed by atoms with Crippen molar-refractivity contribution in [2.75, 3.05) is 12.3 Å². The predicted molar refractivity (Wildman–Crippen MR) is 65.4 cm³/mol. The van der Waals surface area contributed by atoms with Gasteiger partial charge in [0.25, 0.3) is 0 Å². The Kier molecular flexibility index (Phi) is 3.93. The molecule has 3 nitrogen and oxygen atoms in total. The van der Waals surface area contributed by atoms with Gasteiger partial charge in [-0.3, -0.25) is 0 Å². The Morgan fingerprint density at radius 2 is 1.94 bits per heavy atom. The highest BCUT2D eigenvalue weighted by Gasteiger charge is 2.12. The van der Waals surface area contributed by atoms with Crippen LogP contribution in [-0.4, -0.2) is 12.6 Å². The van der Waals surface area contributed by atoms with Crippen LogP contribution in [0, 0.1) is 19.8 Å². The molecule has 0 fully saturated rings. The number of aryl methyl sites for hydroxylation is 2. The van der Waals surface area contributed by atoms with Gasteiger partial charge in [0.05, 0.1) is 12.2 Å². The first-order valence-electron chi connectivity index (χ1n) is 5.45. The third kappa shape index (κ3) is 2.99. The molecule has 16 heavy (non-hydrogen) atoms. The van der Waals surface area contributed by atoms with Crippen LogP contribution in [0.25, 0.3) is 0 Å². The van der Waals surface area contributed by atoms with Gasteiger partial charge in [0.2, 0.25) is 0 Å². The van der Waals surface area contributed by atoms with E-state index in [1.807, 2.05) is 33.8 Å². The molecule has 0 saturated carbocycles. The minimum absolute atomic E-state index is 0.294. The van der Waals surface area contributed by atoms with Crippen LogP contribution < -0.4 is 5.73 Å². The molecule has 0 aliphatic heterocycles. The monoisotopic (exact) mass is 221 g/mol. The maximum absolute atomic E-state index is 11.8.